The largest absolute Gasteiger partial charge is 0.484 e. The lowest BCUT2D eigenvalue weighted by molar-refractivity contribution is 0.312. The third kappa shape index (κ3) is 4.75. The summed E-state index contributed by atoms with van der Waals surface area (Å²) in [6.45, 7) is 8.76. The second kappa shape index (κ2) is 9.07. The van der Waals surface area contributed by atoms with Crippen molar-refractivity contribution in [3.63, 3.8) is 0 Å². The number of fused-ring (bicyclic) bond motifs is 1. The zero-order chi connectivity index (χ0) is 22.8. The van der Waals surface area contributed by atoms with Crippen LogP contribution in [0.15, 0.2) is 53.7 Å². The van der Waals surface area contributed by atoms with Gasteiger partial charge in [-0.2, -0.15) is 4.98 Å². The highest BCUT2D eigenvalue weighted by molar-refractivity contribution is 6.00. The molecule has 2 aliphatic heterocycles. The van der Waals surface area contributed by atoms with E-state index in [2.05, 4.69) is 62.6 Å². The minimum Gasteiger partial charge on any atom is -0.484 e. The van der Waals surface area contributed by atoms with Crippen LogP contribution in [0, 0.1) is 13.8 Å². The van der Waals surface area contributed by atoms with E-state index in [9.17, 15) is 0 Å². The summed E-state index contributed by atoms with van der Waals surface area (Å²) in [6.07, 6.45) is 1.79. The molecule has 5 rings (SSSR count). The van der Waals surface area contributed by atoms with Crippen molar-refractivity contribution in [2.24, 2.45) is 4.99 Å². The quantitative estimate of drug-likeness (QED) is 0.628. The topological polar surface area (TPSA) is 77.9 Å². The second-order valence-corrected chi connectivity index (χ2v) is 8.59. The number of piperazine rings is 1. The Bertz CT molecular complexity index is 1190. The summed E-state index contributed by atoms with van der Waals surface area (Å²) in [7, 11) is 2.17. The highest BCUT2D eigenvalue weighted by Gasteiger charge is 2.17. The molecule has 0 saturated carbocycles. The molecule has 1 fully saturated rings. The van der Waals surface area contributed by atoms with E-state index in [4.69, 9.17) is 9.73 Å². The van der Waals surface area contributed by atoms with Crippen LogP contribution in [-0.4, -0.2) is 60.5 Å². The second-order valence-electron chi connectivity index (χ2n) is 8.59. The molecule has 0 aliphatic carbocycles. The lowest BCUT2D eigenvalue weighted by atomic mass is 10.1. The van der Waals surface area contributed by atoms with Crippen molar-refractivity contribution in [2.75, 3.05) is 55.4 Å². The molecule has 8 nitrogen and oxygen atoms in total. The van der Waals surface area contributed by atoms with E-state index in [1.165, 1.54) is 11.3 Å². The van der Waals surface area contributed by atoms with Gasteiger partial charge in [-0.1, -0.05) is 12.1 Å². The van der Waals surface area contributed by atoms with Crippen LogP contribution >= 0.6 is 0 Å². The molecular formula is C25H29N7O. The summed E-state index contributed by atoms with van der Waals surface area (Å²) in [4.78, 5) is 18.6. The number of likely N-dealkylation sites (N-methyl/N-ethyl adjacent to an activating group) is 1. The van der Waals surface area contributed by atoms with Gasteiger partial charge >= 0.3 is 0 Å². The zero-order valence-electron chi connectivity index (χ0n) is 19.3. The Kier molecular flexibility index (Phi) is 5.83. The predicted octanol–water partition coefficient (Wildman–Crippen LogP) is 4.12. The number of nitrogens with one attached hydrogen (secondary N) is 2. The average Bonchev–Trinajstić information content (AvgIpc) is 2.82. The molecular weight excluding hydrogens is 414 g/mol. The lowest BCUT2D eigenvalue weighted by Gasteiger charge is -2.35. The summed E-state index contributed by atoms with van der Waals surface area (Å²) < 4.78 is 5.80. The smallest absolute Gasteiger partial charge is 0.229 e. The van der Waals surface area contributed by atoms with Crippen molar-refractivity contribution >= 4 is 34.7 Å². The molecule has 1 saturated heterocycles. The fourth-order valence-electron chi connectivity index (χ4n) is 4.09. The molecule has 2 aliphatic rings. The molecule has 33 heavy (non-hydrogen) atoms. The van der Waals surface area contributed by atoms with Crippen LogP contribution in [0.2, 0.25) is 0 Å². The molecule has 0 radical (unpaired) electrons. The Hall–Kier alpha value is -3.65. The Morgan fingerprint density at radius 3 is 2.67 bits per heavy atom. The fraction of sp³-hybridized carbons (Fsp3) is 0.320. The fourth-order valence-corrected chi connectivity index (χ4v) is 4.09. The van der Waals surface area contributed by atoms with Crippen LogP contribution < -0.4 is 20.3 Å². The number of aromatic nitrogens is 2. The van der Waals surface area contributed by atoms with Gasteiger partial charge in [0.2, 0.25) is 5.95 Å². The van der Waals surface area contributed by atoms with E-state index in [0.29, 0.717) is 24.2 Å². The molecule has 0 unspecified atom stereocenters. The third-order valence-electron chi connectivity index (χ3n) is 6.01. The Labute approximate surface area is 194 Å². The number of para-hydroxylation sites is 2. The molecule has 3 aromatic rings. The maximum absolute atomic E-state index is 5.80. The van der Waals surface area contributed by atoms with Crippen molar-refractivity contribution in [3.8, 4) is 5.75 Å². The van der Waals surface area contributed by atoms with Crippen LogP contribution in [0.1, 0.15) is 11.1 Å². The van der Waals surface area contributed by atoms with Gasteiger partial charge in [-0.05, 0) is 56.8 Å². The van der Waals surface area contributed by atoms with Gasteiger partial charge in [0.15, 0.2) is 5.82 Å². The van der Waals surface area contributed by atoms with Gasteiger partial charge in [0, 0.05) is 49.3 Å². The summed E-state index contributed by atoms with van der Waals surface area (Å²) in [5, 5.41) is 6.66. The van der Waals surface area contributed by atoms with Gasteiger partial charge in [-0.25, -0.2) is 9.98 Å². The molecule has 0 atom stereocenters. The normalized spacial score (nSPS) is 17.3. The van der Waals surface area contributed by atoms with Crippen LogP contribution in [0.4, 0.5) is 28.8 Å². The summed E-state index contributed by atoms with van der Waals surface area (Å²) in [5.41, 5.74) is 5.29. The molecule has 0 bridgehead atoms. The summed E-state index contributed by atoms with van der Waals surface area (Å²) >= 11 is 0. The monoisotopic (exact) mass is 443 g/mol. The molecule has 3 heterocycles. The first-order valence-corrected chi connectivity index (χ1v) is 11.3. The number of hydrogen-bond donors (Lipinski definition) is 2. The number of aliphatic imine (C=N–C) groups is 1. The number of aryl methyl sites for hydroxylation is 2. The number of benzene rings is 2. The standard InChI is InChI=1S/C25H29N7O/c1-17-14-19(8-9-21(17)32-12-10-31(3)11-13-32)27-25-26-15-18(2)24(30-25)29-23-16-33-22-7-5-4-6-20(22)28-23/h4-9,14-15H,10-13,16H2,1-3H3,(H2,26,27,28,29,30). The van der Waals surface area contributed by atoms with Gasteiger partial charge in [0.25, 0.3) is 0 Å². The highest BCUT2D eigenvalue weighted by Crippen LogP contribution is 2.29. The van der Waals surface area contributed by atoms with E-state index in [-0.39, 0.29) is 0 Å². The van der Waals surface area contributed by atoms with Gasteiger partial charge in [-0.3, -0.25) is 0 Å². The number of amidine groups is 1. The number of rotatable bonds is 4. The van der Waals surface area contributed by atoms with Crippen molar-refractivity contribution in [1.82, 2.24) is 14.9 Å². The van der Waals surface area contributed by atoms with Gasteiger partial charge in [0.05, 0.1) is 5.69 Å². The van der Waals surface area contributed by atoms with Crippen LogP contribution in [0.5, 0.6) is 5.75 Å². The number of nitrogens with zero attached hydrogens (tertiary/aromatic N) is 5. The number of hydrogen-bond acceptors (Lipinski definition) is 7. The third-order valence-corrected chi connectivity index (χ3v) is 6.01. The van der Waals surface area contributed by atoms with Gasteiger partial charge in [0.1, 0.15) is 18.2 Å². The summed E-state index contributed by atoms with van der Waals surface area (Å²) in [5.74, 6) is 2.68. The van der Waals surface area contributed by atoms with Crippen LogP contribution in [-0.2, 0) is 0 Å². The first-order chi connectivity index (χ1) is 16.0. The van der Waals surface area contributed by atoms with E-state index < -0.39 is 0 Å². The zero-order valence-corrected chi connectivity index (χ0v) is 19.3. The predicted molar refractivity (Wildman–Crippen MR) is 134 cm³/mol. The van der Waals surface area contributed by atoms with Crippen LogP contribution in [0.3, 0.4) is 0 Å². The Morgan fingerprint density at radius 2 is 1.85 bits per heavy atom. The minimum atomic E-state index is 0.371. The molecule has 170 valence electrons. The maximum Gasteiger partial charge on any atom is 0.229 e. The summed E-state index contributed by atoms with van der Waals surface area (Å²) in [6, 6.07) is 14.2. The number of anilines is 4. The van der Waals surface area contributed by atoms with E-state index in [0.717, 1.165) is 48.9 Å². The molecule has 0 spiro atoms. The highest BCUT2D eigenvalue weighted by atomic mass is 16.5. The molecule has 2 aromatic carbocycles. The van der Waals surface area contributed by atoms with Crippen molar-refractivity contribution in [2.45, 2.75) is 13.8 Å². The molecule has 1 aromatic heterocycles. The first kappa shape index (κ1) is 21.2. The minimum absolute atomic E-state index is 0.371. The molecule has 2 N–H and O–H groups in total. The molecule has 8 heteroatoms. The lowest BCUT2D eigenvalue weighted by Crippen LogP contribution is -2.44. The molecule has 0 amide bonds. The first-order valence-electron chi connectivity index (χ1n) is 11.3. The van der Waals surface area contributed by atoms with E-state index >= 15 is 0 Å². The van der Waals surface area contributed by atoms with Gasteiger partial charge < -0.3 is 25.2 Å². The van der Waals surface area contributed by atoms with Gasteiger partial charge in [-0.15, -0.1) is 0 Å². The average molecular weight is 444 g/mol. The maximum atomic E-state index is 5.80. The number of ether oxygens (including phenoxy) is 1. The Balaban J connectivity index is 1.32. The van der Waals surface area contributed by atoms with E-state index in [1.807, 2.05) is 31.2 Å². The van der Waals surface area contributed by atoms with E-state index in [1.54, 1.807) is 6.20 Å². The van der Waals surface area contributed by atoms with Crippen molar-refractivity contribution in [3.05, 3.63) is 59.8 Å². The SMILES string of the molecule is Cc1cc(Nc2ncc(C)c(N=C3COc4ccccc4N3)n2)ccc1N1CCN(C)CC1. The van der Waals surface area contributed by atoms with Crippen molar-refractivity contribution < 1.29 is 4.74 Å². The van der Waals surface area contributed by atoms with Crippen LogP contribution in [0.25, 0.3) is 0 Å². The Morgan fingerprint density at radius 1 is 1.03 bits per heavy atom. The van der Waals surface area contributed by atoms with Crippen molar-refractivity contribution in [1.29, 1.82) is 0 Å².